The Bertz CT molecular complexity index is 394. The van der Waals surface area contributed by atoms with E-state index >= 15 is 0 Å². The molecule has 1 atom stereocenters. The maximum atomic E-state index is 14.1. The molecule has 0 spiro atoms. The van der Waals surface area contributed by atoms with E-state index in [1.807, 2.05) is 27.7 Å². The molecule has 0 saturated heterocycles. The van der Waals surface area contributed by atoms with Gasteiger partial charge in [0.2, 0.25) is 0 Å². The van der Waals surface area contributed by atoms with Crippen LogP contribution in [-0.2, 0) is 0 Å². The van der Waals surface area contributed by atoms with Crippen molar-refractivity contribution >= 4 is 0 Å². The Morgan fingerprint density at radius 1 is 1.24 bits per heavy atom. The third kappa shape index (κ3) is 3.03. The lowest BCUT2D eigenvalue weighted by molar-refractivity contribution is 0.262. The standard InChI is InChI=1S/C14H21F2N/c1-6-17-13(14(3,4)5)11-10(15)8-7-9(2)12(11)16/h7-8,13,17H,6H2,1-5H3. The van der Waals surface area contributed by atoms with Gasteiger partial charge in [-0.1, -0.05) is 33.8 Å². The molecule has 1 nitrogen and oxygen atoms in total. The summed E-state index contributed by atoms with van der Waals surface area (Å²) in [5, 5.41) is 3.17. The van der Waals surface area contributed by atoms with Crippen LogP contribution in [0.15, 0.2) is 12.1 Å². The molecule has 1 unspecified atom stereocenters. The van der Waals surface area contributed by atoms with Crippen LogP contribution in [0.1, 0.15) is 44.9 Å². The molecule has 1 N–H and O–H groups in total. The molecule has 0 saturated carbocycles. The minimum atomic E-state index is -0.478. The fourth-order valence-electron chi connectivity index (χ4n) is 1.99. The monoisotopic (exact) mass is 241 g/mol. The summed E-state index contributed by atoms with van der Waals surface area (Å²) in [6.07, 6.45) is 0. The molecule has 17 heavy (non-hydrogen) atoms. The summed E-state index contributed by atoms with van der Waals surface area (Å²) in [5.74, 6) is -0.917. The highest BCUT2D eigenvalue weighted by Gasteiger charge is 2.30. The van der Waals surface area contributed by atoms with Gasteiger partial charge in [0.1, 0.15) is 11.6 Å². The van der Waals surface area contributed by atoms with E-state index in [9.17, 15) is 8.78 Å². The SMILES string of the molecule is CCNC(c1c(F)ccc(C)c1F)C(C)(C)C. The number of hydrogen-bond acceptors (Lipinski definition) is 1. The molecule has 1 rings (SSSR count). The van der Waals surface area contributed by atoms with Crippen molar-refractivity contribution < 1.29 is 8.78 Å². The summed E-state index contributed by atoms with van der Waals surface area (Å²) in [6.45, 7) is 10.2. The number of aryl methyl sites for hydroxylation is 1. The van der Waals surface area contributed by atoms with Gasteiger partial charge in [0, 0.05) is 11.6 Å². The van der Waals surface area contributed by atoms with Gasteiger partial charge in [0.05, 0.1) is 0 Å². The van der Waals surface area contributed by atoms with Gasteiger partial charge < -0.3 is 5.32 Å². The van der Waals surface area contributed by atoms with Crippen molar-refractivity contribution in [1.29, 1.82) is 0 Å². The smallest absolute Gasteiger partial charge is 0.133 e. The predicted molar refractivity (Wildman–Crippen MR) is 67.0 cm³/mol. The second-order valence-corrected chi connectivity index (χ2v) is 5.45. The van der Waals surface area contributed by atoms with Gasteiger partial charge in [-0.25, -0.2) is 8.78 Å². The molecule has 0 amide bonds. The average Bonchev–Trinajstić information content (AvgIpc) is 2.21. The highest BCUT2D eigenvalue weighted by molar-refractivity contribution is 5.30. The van der Waals surface area contributed by atoms with Gasteiger partial charge >= 0.3 is 0 Å². The predicted octanol–water partition coefficient (Wildman–Crippen LogP) is 3.97. The molecule has 0 aliphatic heterocycles. The molecule has 3 heteroatoms. The van der Waals surface area contributed by atoms with Gasteiger partial charge in [0.15, 0.2) is 0 Å². The van der Waals surface area contributed by atoms with E-state index in [4.69, 9.17) is 0 Å². The van der Waals surface area contributed by atoms with Crippen molar-refractivity contribution in [2.45, 2.75) is 40.7 Å². The van der Waals surface area contributed by atoms with Crippen molar-refractivity contribution in [1.82, 2.24) is 5.32 Å². The highest BCUT2D eigenvalue weighted by Crippen LogP contribution is 2.36. The van der Waals surface area contributed by atoms with E-state index in [-0.39, 0.29) is 17.0 Å². The minimum absolute atomic E-state index is 0.152. The normalized spacial score (nSPS) is 13.8. The van der Waals surface area contributed by atoms with Crippen LogP contribution in [0.25, 0.3) is 0 Å². The summed E-state index contributed by atoms with van der Waals surface area (Å²) in [5.41, 5.74) is 0.388. The Kier molecular flexibility index (Phi) is 4.26. The molecule has 0 heterocycles. The van der Waals surface area contributed by atoms with E-state index < -0.39 is 11.6 Å². The first-order valence-corrected chi connectivity index (χ1v) is 5.97. The van der Waals surface area contributed by atoms with Gasteiger partial charge in [-0.3, -0.25) is 0 Å². The molecule has 0 aliphatic rings. The third-order valence-electron chi connectivity index (χ3n) is 2.88. The Morgan fingerprint density at radius 2 is 1.82 bits per heavy atom. The lowest BCUT2D eigenvalue weighted by Crippen LogP contribution is -2.33. The Morgan fingerprint density at radius 3 is 2.29 bits per heavy atom. The van der Waals surface area contributed by atoms with Crippen molar-refractivity contribution in [3.8, 4) is 0 Å². The second kappa shape index (κ2) is 5.13. The third-order valence-corrected chi connectivity index (χ3v) is 2.88. The number of nitrogens with one attached hydrogen (secondary N) is 1. The van der Waals surface area contributed by atoms with Gasteiger partial charge in [-0.2, -0.15) is 0 Å². The molecular weight excluding hydrogens is 220 g/mol. The highest BCUT2D eigenvalue weighted by atomic mass is 19.1. The van der Waals surface area contributed by atoms with Crippen LogP contribution in [0.2, 0.25) is 0 Å². The second-order valence-electron chi connectivity index (χ2n) is 5.45. The number of rotatable bonds is 3. The van der Waals surface area contributed by atoms with Crippen molar-refractivity contribution in [3.63, 3.8) is 0 Å². The molecule has 1 aromatic carbocycles. The lowest BCUT2D eigenvalue weighted by atomic mass is 9.81. The summed E-state index contributed by atoms with van der Waals surface area (Å²) >= 11 is 0. The van der Waals surface area contributed by atoms with Crippen LogP contribution in [0.5, 0.6) is 0 Å². The molecule has 0 aromatic heterocycles. The molecule has 1 aromatic rings. The Hall–Kier alpha value is -0.960. The van der Waals surface area contributed by atoms with Crippen LogP contribution >= 0.6 is 0 Å². The topological polar surface area (TPSA) is 12.0 Å². The van der Waals surface area contributed by atoms with Gasteiger partial charge in [-0.05, 0) is 30.5 Å². The van der Waals surface area contributed by atoms with E-state index in [2.05, 4.69) is 5.32 Å². The average molecular weight is 241 g/mol. The molecule has 0 fully saturated rings. The van der Waals surface area contributed by atoms with Gasteiger partial charge in [-0.15, -0.1) is 0 Å². The number of hydrogen-bond donors (Lipinski definition) is 1. The van der Waals surface area contributed by atoms with E-state index in [0.717, 1.165) is 0 Å². The Labute approximate surface area is 102 Å². The van der Waals surface area contributed by atoms with Crippen molar-refractivity contribution in [3.05, 3.63) is 34.9 Å². The maximum absolute atomic E-state index is 14.1. The minimum Gasteiger partial charge on any atom is -0.310 e. The first-order chi connectivity index (χ1) is 7.79. The van der Waals surface area contributed by atoms with Crippen LogP contribution in [0.4, 0.5) is 8.78 Å². The quantitative estimate of drug-likeness (QED) is 0.844. The van der Waals surface area contributed by atoms with Crippen LogP contribution in [0, 0.1) is 24.0 Å². The lowest BCUT2D eigenvalue weighted by Gasteiger charge is -2.32. The number of benzene rings is 1. The van der Waals surface area contributed by atoms with E-state index in [1.165, 1.54) is 12.1 Å². The largest absolute Gasteiger partial charge is 0.310 e. The first-order valence-electron chi connectivity index (χ1n) is 5.97. The molecule has 0 radical (unpaired) electrons. The summed E-state index contributed by atoms with van der Waals surface area (Å²) in [4.78, 5) is 0. The zero-order chi connectivity index (χ0) is 13.2. The zero-order valence-electron chi connectivity index (χ0n) is 11.2. The Balaban J connectivity index is 3.32. The molecule has 0 bridgehead atoms. The first kappa shape index (κ1) is 14.1. The summed E-state index contributed by atoms with van der Waals surface area (Å²) < 4.78 is 27.9. The van der Waals surface area contributed by atoms with Crippen LogP contribution in [-0.4, -0.2) is 6.54 Å². The van der Waals surface area contributed by atoms with Gasteiger partial charge in [0.25, 0.3) is 0 Å². The molecule has 0 aliphatic carbocycles. The zero-order valence-corrected chi connectivity index (χ0v) is 11.2. The van der Waals surface area contributed by atoms with Crippen LogP contribution < -0.4 is 5.32 Å². The maximum Gasteiger partial charge on any atom is 0.133 e. The molecular formula is C14H21F2N. The summed E-state index contributed by atoms with van der Waals surface area (Å²) in [7, 11) is 0. The van der Waals surface area contributed by atoms with Crippen LogP contribution in [0.3, 0.4) is 0 Å². The summed E-state index contributed by atoms with van der Waals surface area (Å²) in [6, 6.07) is 2.48. The van der Waals surface area contributed by atoms with Crippen molar-refractivity contribution in [2.24, 2.45) is 5.41 Å². The fraction of sp³-hybridized carbons (Fsp3) is 0.571. The number of halogens is 2. The van der Waals surface area contributed by atoms with E-state index in [1.54, 1.807) is 6.92 Å². The molecule has 96 valence electrons. The van der Waals surface area contributed by atoms with Crippen molar-refractivity contribution in [2.75, 3.05) is 6.54 Å². The fourth-order valence-corrected chi connectivity index (χ4v) is 1.99. The van der Waals surface area contributed by atoms with E-state index in [0.29, 0.717) is 12.1 Å².